The Morgan fingerprint density at radius 1 is 1.00 bits per heavy atom. The first-order valence-electron chi connectivity index (χ1n) is 10.8. The van der Waals surface area contributed by atoms with Crippen LogP contribution in [0.5, 0.6) is 17.2 Å². The number of rotatable bonds is 10. The van der Waals surface area contributed by atoms with Gasteiger partial charge in [-0.3, -0.25) is 0 Å². The molecule has 2 aromatic rings. The predicted molar refractivity (Wildman–Crippen MR) is 127 cm³/mol. The van der Waals surface area contributed by atoms with E-state index in [-0.39, 0.29) is 6.03 Å². The number of esters is 1. The molecule has 0 bridgehead atoms. The van der Waals surface area contributed by atoms with Gasteiger partial charge in [0.15, 0.2) is 11.5 Å². The van der Waals surface area contributed by atoms with Crippen LogP contribution in [-0.4, -0.2) is 65.5 Å². The van der Waals surface area contributed by atoms with Crippen molar-refractivity contribution in [2.24, 2.45) is 0 Å². The molecule has 1 aliphatic heterocycles. The van der Waals surface area contributed by atoms with Crippen LogP contribution < -0.4 is 24.8 Å². The van der Waals surface area contributed by atoms with Gasteiger partial charge in [0.05, 0.1) is 40.1 Å². The summed E-state index contributed by atoms with van der Waals surface area (Å²) in [6.07, 6.45) is 0.739. The van der Waals surface area contributed by atoms with Crippen LogP contribution in [0.2, 0.25) is 0 Å². The molecule has 0 radical (unpaired) electrons. The summed E-state index contributed by atoms with van der Waals surface area (Å²) in [6, 6.07) is 12.0. The van der Waals surface area contributed by atoms with E-state index in [2.05, 4.69) is 10.6 Å². The Balaban J connectivity index is 1.82. The van der Waals surface area contributed by atoms with Gasteiger partial charge in [0.2, 0.25) is 0 Å². The van der Waals surface area contributed by atoms with Gasteiger partial charge in [-0.2, -0.15) is 0 Å². The average Bonchev–Trinajstić information content (AvgIpc) is 2.86. The third-order valence-electron chi connectivity index (χ3n) is 5.64. The maximum atomic E-state index is 12.8. The van der Waals surface area contributed by atoms with Crippen molar-refractivity contribution >= 4 is 12.0 Å². The van der Waals surface area contributed by atoms with Crippen LogP contribution in [0, 0.1) is 0 Å². The molecular formula is C25H31N3O6. The number of hydrogen-bond acceptors (Lipinski definition) is 7. The predicted octanol–water partition coefficient (Wildman–Crippen LogP) is 2.67. The highest BCUT2D eigenvalue weighted by molar-refractivity contribution is 5.95. The number of ether oxygens (including phenoxy) is 4. The SMILES string of the molecule is COC(=O)C1=C(CN(C)CCc2ccc(OC)c(OC)c2)NC(=O)N[C@@H]1c1cccc(OC)c1. The number of likely N-dealkylation sites (N-methyl/N-ethyl adjacent to an activating group) is 1. The van der Waals surface area contributed by atoms with Gasteiger partial charge in [0.1, 0.15) is 5.75 Å². The molecule has 9 heteroatoms. The molecular weight excluding hydrogens is 438 g/mol. The smallest absolute Gasteiger partial charge is 0.338 e. The van der Waals surface area contributed by atoms with Gasteiger partial charge in [0.25, 0.3) is 0 Å². The number of nitrogens with zero attached hydrogens (tertiary/aromatic N) is 1. The highest BCUT2D eigenvalue weighted by Crippen LogP contribution is 2.30. The molecule has 1 atom stereocenters. The van der Waals surface area contributed by atoms with Crippen molar-refractivity contribution in [2.75, 3.05) is 48.6 Å². The molecule has 1 heterocycles. The van der Waals surface area contributed by atoms with Gasteiger partial charge >= 0.3 is 12.0 Å². The molecule has 0 aliphatic carbocycles. The summed E-state index contributed by atoms with van der Waals surface area (Å²) in [5.74, 6) is 1.46. The average molecular weight is 470 g/mol. The van der Waals surface area contributed by atoms with Crippen LogP contribution in [0.25, 0.3) is 0 Å². The lowest BCUT2D eigenvalue weighted by Crippen LogP contribution is -2.48. The fraction of sp³-hybridized carbons (Fsp3) is 0.360. The fourth-order valence-corrected chi connectivity index (χ4v) is 3.87. The molecule has 0 spiro atoms. The van der Waals surface area contributed by atoms with E-state index in [4.69, 9.17) is 18.9 Å². The van der Waals surface area contributed by atoms with Crippen molar-refractivity contribution in [1.29, 1.82) is 0 Å². The quantitative estimate of drug-likeness (QED) is 0.516. The van der Waals surface area contributed by atoms with E-state index in [1.54, 1.807) is 33.5 Å². The lowest BCUT2D eigenvalue weighted by Gasteiger charge is -2.31. The molecule has 9 nitrogen and oxygen atoms in total. The number of carbonyl (C=O) groups excluding carboxylic acids is 2. The first-order valence-corrected chi connectivity index (χ1v) is 10.8. The summed E-state index contributed by atoms with van der Waals surface area (Å²) in [5.41, 5.74) is 2.65. The second-order valence-corrected chi connectivity index (χ2v) is 7.87. The minimum atomic E-state index is -0.662. The van der Waals surface area contributed by atoms with Crippen LogP contribution in [0.15, 0.2) is 53.7 Å². The van der Waals surface area contributed by atoms with Crippen LogP contribution >= 0.6 is 0 Å². The molecule has 2 amide bonds. The fourth-order valence-electron chi connectivity index (χ4n) is 3.87. The summed E-state index contributed by atoms with van der Waals surface area (Å²) in [6.45, 7) is 1.03. The largest absolute Gasteiger partial charge is 0.497 e. The Morgan fingerprint density at radius 2 is 1.76 bits per heavy atom. The zero-order chi connectivity index (χ0) is 24.7. The molecule has 0 saturated heterocycles. The molecule has 2 N–H and O–H groups in total. The zero-order valence-electron chi connectivity index (χ0n) is 20.1. The highest BCUT2D eigenvalue weighted by Gasteiger charge is 2.34. The molecule has 0 aromatic heterocycles. The van der Waals surface area contributed by atoms with Gasteiger partial charge in [-0.05, 0) is 48.9 Å². The van der Waals surface area contributed by atoms with Crippen molar-refractivity contribution in [3.8, 4) is 17.2 Å². The topological polar surface area (TPSA) is 98.4 Å². The van der Waals surface area contributed by atoms with Gasteiger partial charge in [0, 0.05) is 18.8 Å². The summed E-state index contributed by atoms with van der Waals surface area (Å²) in [4.78, 5) is 27.3. The molecule has 0 fully saturated rings. The Morgan fingerprint density at radius 3 is 2.44 bits per heavy atom. The Kier molecular flexibility index (Phi) is 8.37. The van der Waals surface area contributed by atoms with Crippen LogP contribution in [-0.2, 0) is 16.0 Å². The Hall–Kier alpha value is -3.72. The molecule has 182 valence electrons. The van der Waals surface area contributed by atoms with Crippen LogP contribution in [0.1, 0.15) is 17.2 Å². The van der Waals surface area contributed by atoms with E-state index < -0.39 is 12.0 Å². The number of urea groups is 1. The number of methoxy groups -OCH3 is 4. The number of benzene rings is 2. The lowest BCUT2D eigenvalue weighted by molar-refractivity contribution is -0.136. The second-order valence-electron chi connectivity index (χ2n) is 7.87. The highest BCUT2D eigenvalue weighted by atomic mass is 16.5. The van der Waals surface area contributed by atoms with Crippen molar-refractivity contribution in [2.45, 2.75) is 12.5 Å². The van der Waals surface area contributed by atoms with Crippen molar-refractivity contribution < 1.29 is 28.5 Å². The summed E-state index contributed by atoms with van der Waals surface area (Å²) >= 11 is 0. The number of carbonyl (C=O) groups is 2. The van der Waals surface area contributed by atoms with Crippen molar-refractivity contribution in [1.82, 2.24) is 15.5 Å². The molecule has 0 unspecified atom stereocenters. The monoisotopic (exact) mass is 469 g/mol. The van der Waals surface area contributed by atoms with E-state index in [0.717, 1.165) is 17.5 Å². The van der Waals surface area contributed by atoms with Crippen LogP contribution in [0.3, 0.4) is 0 Å². The maximum absolute atomic E-state index is 12.8. The normalized spacial score (nSPS) is 15.5. The zero-order valence-corrected chi connectivity index (χ0v) is 20.1. The number of amides is 2. The third-order valence-corrected chi connectivity index (χ3v) is 5.64. The van der Waals surface area contributed by atoms with E-state index >= 15 is 0 Å². The minimum Gasteiger partial charge on any atom is -0.497 e. The lowest BCUT2D eigenvalue weighted by atomic mass is 9.94. The van der Waals surface area contributed by atoms with E-state index in [1.807, 2.05) is 42.3 Å². The standard InChI is InChI=1S/C25H31N3O6/c1-28(12-11-16-9-10-20(32-3)21(13-16)33-4)15-19-22(24(29)34-5)23(27-25(30)26-19)17-7-6-8-18(14-17)31-2/h6-10,13-14,23H,11-12,15H2,1-5H3,(H2,26,27,30)/t23-/m1/s1. The first-order chi connectivity index (χ1) is 16.4. The van der Waals surface area contributed by atoms with E-state index in [1.165, 1.54) is 7.11 Å². The number of hydrogen-bond donors (Lipinski definition) is 2. The van der Waals surface area contributed by atoms with E-state index in [0.29, 0.717) is 41.6 Å². The van der Waals surface area contributed by atoms with E-state index in [9.17, 15) is 9.59 Å². The summed E-state index contributed by atoms with van der Waals surface area (Å²) < 4.78 is 21.0. The van der Waals surface area contributed by atoms with Crippen LogP contribution in [0.4, 0.5) is 4.79 Å². The Labute approximate surface area is 199 Å². The molecule has 0 saturated carbocycles. The Bertz CT molecular complexity index is 1070. The molecule has 2 aromatic carbocycles. The summed E-state index contributed by atoms with van der Waals surface area (Å²) in [5, 5.41) is 5.62. The third kappa shape index (κ3) is 5.79. The number of nitrogens with one attached hydrogen (secondary N) is 2. The summed E-state index contributed by atoms with van der Waals surface area (Å²) in [7, 11) is 8.03. The van der Waals surface area contributed by atoms with Crippen molar-refractivity contribution in [3.63, 3.8) is 0 Å². The molecule has 1 aliphatic rings. The minimum absolute atomic E-state index is 0.353. The molecule has 34 heavy (non-hydrogen) atoms. The molecule has 3 rings (SSSR count). The maximum Gasteiger partial charge on any atom is 0.338 e. The van der Waals surface area contributed by atoms with Gasteiger partial charge in [-0.1, -0.05) is 18.2 Å². The van der Waals surface area contributed by atoms with Gasteiger partial charge in [-0.25, -0.2) is 9.59 Å². The van der Waals surface area contributed by atoms with Crippen molar-refractivity contribution in [3.05, 3.63) is 64.9 Å². The van der Waals surface area contributed by atoms with Gasteiger partial charge in [-0.15, -0.1) is 0 Å². The van der Waals surface area contributed by atoms with Gasteiger partial charge < -0.3 is 34.5 Å². The second kappa shape index (κ2) is 11.4. The first kappa shape index (κ1) is 24.9.